The predicted molar refractivity (Wildman–Crippen MR) is 76.0 cm³/mol. The Labute approximate surface area is 108 Å². The maximum Gasteiger partial charge on any atom is 0.114 e. The van der Waals surface area contributed by atoms with Gasteiger partial charge in [-0.15, -0.1) is 0 Å². The molecule has 2 fully saturated rings. The lowest BCUT2D eigenvalue weighted by Gasteiger charge is -2.28. The number of halogens is 1. The van der Waals surface area contributed by atoms with E-state index >= 15 is 0 Å². The summed E-state index contributed by atoms with van der Waals surface area (Å²) in [5.74, 6) is 4.01. The number of hydrogen-bond acceptors (Lipinski definition) is 2. The third kappa shape index (κ3) is 3.58. The molecule has 2 nitrogen and oxygen atoms in total. The lowest BCUT2D eigenvalue weighted by molar-refractivity contribution is 0.248. The van der Waals surface area contributed by atoms with Crippen molar-refractivity contribution >= 4 is 10.9 Å². The number of nitrogens with zero attached hydrogens (tertiary/aromatic N) is 2. The van der Waals surface area contributed by atoms with E-state index in [0.29, 0.717) is 18.6 Å². The van der Waals surface area contributed by atoms with E-state index in [2.05, 4.69) is 30.6 Å². The zero-order valence-corrected chi connectivity index (χ0v) is 12.3. The summed E-state index contributed by atoms with van der Waals surface area (Å²) in [7, 11) is 0.175. The maximum absolute atomic E-state index is 13.2. The Balaban J connectivity index is 1.74. The molecule has 2 aliphatic heterocycles. The van der Waals surface area contributed by atoms with Crippen LogP contribution < -0.4 is 0 Å². The van der Waals surface area contributed by atoms with Gasteiger partial charge in [0.25, 0.3) is 0 Å². The van der Waals surface area contributed by atoms with E-state index in [9.17, 15) is 4.39 Å². The second kappa shape index (κ2) is 5.89. The van der Waals surface area contributed by atoms with Crippen molar-refractivity contribution < 1.29 is 4.39 Å². The van der Waals surface area contributed by atoms with Crippen LogP contribution in [0.15, 0.2) is 0 Å². The third-order valence-corrected chi connectivity index (χ3v) is 6.76. The minimum atomic E-state index is -0.569. The molecule has 0 bridgehead atoms. The van der Waals surface area contributed by atoms with Crippen molar-refractivity contribution in [2.45, 2.75) is 45.4 Å². The average Bonchev–Trinajstić information content (AvgIpc) is 2.86. The predicted octanol–water partition coefficient (Wildman–Crippen LogP) is 2.10. The van der Waals surface area contributed by atoms with Gasteiger partial charge < -0.3 is 0 Å². The molecule has 0 N–H and O–H groups in total. The summed E-state index contributed by atoms with van der Waals surface area (Å²) in [4.78, 5) is 4.95. The number of likely N-dealkylation sites (tertiary alicyclic amines) is 1. The van der Waals surface area contributed by atoms with E-state index in [1.807, 2.05) is 0 Å². The summed E-state index contributed by atoms with van der Waals surface area (Å²) in [5.41, 5.74) is 0. The van der Waals surface area contributed by atoms with Gasteiger partial charge in [0.2, 0.25) is 0 Å². The van der Waals surface area contributed by atoms with Gasteiger partial charge in [0, 0.05) is 37.6 Å². The van der Waals surface area contributed by atoms with E-state index in [0.717, 1.165) is 13.0 Å². The zero-order chi connectivity index (χ0) is 12.4. The Morgan fingerprint density at radius 2 is 2.00 bits per heavy atom. The van der Waals surface area contributed by atoms with Crippen molar-refractivity contribution in [2.24, 2.45) is 0 Å². The molecule has 0 spiro atoms. The first-order chi connectivity index (χ1) is 8.06. The van der Waals surface area contributed by atoms with Crippen molar-refractivity contribution in [1.29, 1.82) is 0 Å². The summed E-state index contributed by atoms with van der Waals surface area (Å²) >= 11 is 0. The van der Waals surface area contributed by atoms with E-state index in [-0.39, 0.29) is 10.9 Å². The van der Waals surface area contributed by atoms with Crippen LogP contribution in [-0.4, -0.2) is 65.1 Å². The first-order valence-corrected chi connectivity index (χ1v) is 8.80. The van der Waals surface area contributed by atoms with Crippen molar-refractivity contribution in [3.63, 3.8) is 0 Å². The molecular weight excluding hydrogens is 235 g/mol. The topological polar surface area (TPSA) is 6.48 Å². The summed E-state index contributed by atoms with van der Waals surface area (Å²) in [6, 6.07) is 1.29. The largest absolute Gasteiger partial charge is 0.297 e. The van der Waals surface area contributed by atoms with Gasteiger partial charge in [0.05, 0.1) is 0 Å². The summed E-state index contributed by atoms with van der Waals surface area (Å²) in [6.07, 6.45) is 0.182. The van der Waals surface area contributed by atoms with Crippen LogP contribution in [-0.2, 0) is 0 Å². The molecule has 2 aliphatic rings. The monoisotopic (exact) mass is 262 g/mol. The van der Waals surface area contributed by atoms with E-state index < -0.39 is 6.17 Å². The molecule has 0 aromatic rings. The van der Waals surface area contributed by atoms with Gasteiger partial charge in [-0.05, 0) is 38.7 Å². The number of rotatable bonds is 4. The minimum absolute atomic E-state index is 0.175. The van der Waals surface area contributed by atoms with Crippen LogP contribution in [0.25, 0.3) is 0 Å². The molecule has 3 unspecified atom stereocenters. The molecule has 0 amide bonds. The van der Waals surface area contributed by atoms with Crippen LogP contribution in [0.1, 0.15) is 27.2 Å². The molecule has 0 aliphatic carbocycles. The van der Waals surface area contributed by atoms with Gasteiger partial charge in [-0.3, -0.25) is 9.80 Å². The van der Waals surface area contributed by atoms with Gasteiger partial charge in [0.1, 0.15) is 6.17 Å². The standard InChI is InChI=1S/C13H27FN2S/c1-11(2)16-6-7-17(10-16)9-12(3)15-5-4-13(14)8-15/h11-13,17H,4-10H2,1-3H3. The highest BCUT2D eigenvalue weighted by molar-refractivity contribution is 8.17. The lowest BCUT2D eigenvalue weighted by Crippen LogP contribution is -2.34. The normalized spacial score (nSPS) is 35.8. The molecule has 0 radical (unpaired) electrons. The Morgan fingerprint density at radius 3 is 2.53 bits per heavy atom. The molecule has 3 atom stereocenters. The van der Waals surface area contributed by atoms with E-state index in [4.69, 9.17) is 0 Å². The second-order valence-electron chi connectivity index (χ2n) is 5.85. The summed E-state index contributed by atoms with van der Waals surface area (Å²) < 4.78 is 13.2. The SMILES string of the molecule is CC(C)N1CC[SH](CC(C)N2CCC(F)C2)C1. The van der Waals surface area contributed by atoms with E-state index in [1.165, 1.54) is 23.9 Å². The number of hydrogen-bond donors (Lipinski definition) is 1. The van der Waals surface area contributed by atoms with Gasteiger partial charge >= 0.3 is 0 Å². The Bertz CT molecular complexity index is 250. The van der Waals surface area contributed by atoms with Crippen LogP contribution >= 0.6 is 10.9 Å². The second-order valence-corrected chi connectivity index (χ2v) is 8.29. The first-order valence-electron chi connectivity index (χ1n) is 6.91. The lowest BCUT2D eigenvalue weighted by atomic mass is 10.3. The smallest absolute Gasteiger partial charge is 0.114 e. The van der Waals surface area contributed by atoms with E-state index in [1.54, 1.807) is 0 Å². The van der Waals surface area contributed by atoms with Crippen LogP contribution in [0.3, 0.4) is 0 Å². The number of thiol groups is 1. The van der Waals surface area contributed by atoms with Gasteiger partial charge in [-0.25, -0.2) is 15.3 Å². The summed E-state index contributed by atoms with van der Waals surface area (Å²) in [5, 5.41) is 0. The fourth-order valence-electron chi connectivity index (χ4n) is 2.87. The van der Waals surface area contributed by atoms with Crippen LogP contribution in [0.2, 0.25) is 0 Å². The van der Waals surface area contributed by atoms with Crippen LogP contribution in [0.4, 0.5) is 4.39 Å². The highest BCUT2D eigenvalue weighted by Gasteiger charge is 2.28. The van der Waals surface area contributed by atoms with Gasteiger partial charge in [-0.1, -0.05) is 0 Å². The Kier molecular flexibility index (Phi) is 4.72. The zero-order valence-electron chi connectivity index (χ0n) is 11.4. The molecule has 17 heavy (non-hydrogen) atoms. The van der Waals surface area contributed by atoms with Crippen molar-refractivity contribution in [2.75, 3.05) is 37.0 Å². The highest BCUT2D eigenvalue weighted by Crippen LogP contribution is 2.35. The fraction of sp³-hybridized carbons (Fsp3) is 1.00. The highest BCUT2D eigenvalue weighted by atomic mass is 32.2. The molecule has 0 saturated carbocycles. The van der Waals surface area contributed by atoms with Crippen LogP contribution in [0.5, 0.6) is 0 Å². The van der Waals surface area contributed by atoms with Crippen molar-refractivity contribution in [1.82, 2.24) is 9.80 Å². The average molecular weight is 262 g/mol. The maximum atomic E-state index is 13.2. The Morgan fingerprint density at radius 1 is 1.24 bits per heavy atom. The minimum Gasteiger partial charge on any atom is -0.297 e. The molecule has 2 heterocycles. The Hall–Kier alpha value is 0.200. The molecule has 0 aromatic heterocycles. The van der Waals surface area contributed by atoms with Gasteiger partial charge in [0.15, 0.2) is 0 Å². The van der Waals surface area contributed by atoms with Crippen molar-refractivity contribution in [3.8, 4) is 0 Å². The number of alkyl halides is 1. The fourth-order valence-corrected chi connectivity index (χ4v) is 5.81. The third-order valence-electron chi connectivity index (χ3n) is 4.12. The first kappa shape index (κ1) is 13.6. The molecule has 4 heteroatoms. The molecular formula is C13H27FN2S. The molecule has 0 aromatic carbocycles. The quantitative estimate of drug-likeness (QED) is 0.775. The molecule has 2 saturated heterocycles. The molecule has 2 rings (SSSR count). The molecule has 102 valence electrons. The van der Waals surface area contributed by atoms with Crippen LogP contribution in [0, 0.1) is 0 Å². The van der Waals surface area contributed by atoms with Crippen molar-refractivity contribution in [3.05, 3.63) is 0 Å². The summed E-state index contributed by atoms with van der Waals surface area (Å²) in [6.45, 7) is 9.80. The van der Waals surface area contributed by atoms with Gasteiger partial charge in [-0.2, -0.15) is 0 Å².